The maximum absolute atomic E-state index is 11.7. The van der Waals surface area contributed by atoms with Gasteiger partial charge < -0.3 is 19.7 Å². The summed E-state index contributed by atoms with van der Waals surface area (Å²) in [5, 5.41) is 3.55. The van der Waals surface area contributed by atoms with Crippen molar-refractivity contribution in [1.82, 2.24) is 10.2 Å². The molecule has 0 aromatic heterocycles. The molecule has 1 aliphatic heterocycles. The van der Waals surface area contributed by atoms with E-state index in [1.165, 1.54) is 26.4 Å². The van der Waals surface area contributed by atoms with Crippen molar-refractivity contribution in [3.8, 4) is 0 Å². The van der Waals surface area contributed by atoms with Crippen LogP contribution in [0.4, 0.5) is 0 Å². The summed E-state index contributed by atoms with van der Waals surface area (Å²) in [4.78, 5) is 18.4. The molecule has 2 fully saturated rings. The van der Waals surface area contributed by atoms with Crippen molar-refractivity contribution < 1.29 is 14.3 Å². The van der Waals surface area contributed by atoms with Crippen LogP contribution in [0.15, 0.2) is 4.99 Å². The molecular formula is C19H36IN3O3. The van der Waals surface area contributed by atoms with Crippen molar-refractivity contribution in [1.29, 1.82) is 0 Å². The number of methoxy groups -OCH3 is 1. The van der Waals surface area contributed by atoms with E-state index >= 15 is 0 Å². The molecule has 7 heteroatoms. The second-order valence-electron chi connectivity index (χ2n) is 7.28. The Morgan fingerprint density at radius 1 is 1.23 bits per heavy atom. The predicted molar refractivity (Wildman–Crippen MR) is 115 cm³/mol. The lowest BCUT2D eigenvalue weighted by atomic mass is 9.84. The number of ether oxygens (including phenoxy) is 2. The maximum Gasteiger partial charge on any atom is 0.308 e. The minimum atomic E-state index is -0.0864. The van der Waals surface area contributed by atoms with Crippen molar-refractivity contribution >= 4 is 35.9 Å². The first-order chi connectivity index (χ1) is 12.1. The molecule has 2 aliphatic rings. The zero-order valence-corrected chi connectivity index (χ0v) is 18.9. The maximum atomic E-state index is 11.7. The number of likely N-dealkylation sites (tertiary alicyclic amines) is 1. The van der Waals surface area contributed by atoms with E-state index in [9.17, 15) is 4.79 Å². The summed E-state index contributed by atoms with van der Waals surface area (Å²) in [5.41, 5.74) is -0.0471. The van der Waals surface area contributed by atoms with E-state index in [1.807, 2.05) is 7.05 Å². The van der Waals surface area contributed by atoms with Crippen molar-refractivity contribution in [2.75, 3.05) is 40.4 Å². The molecular weight excluding hydrogens is 445 g/mol. The molecule has 1 saturated heterocycles. The Morgan fingerprint density at radius 2 is 1.88 bits per heavy atom. The molecule has 0 spiro atoms. The normalized spacial score (nSPS) is 21.0. The first-order valence-corrected chi connectivity index (χ1v) is 9.81. The van der Waals surface area contributed by atoms with E-state index in [0.717, 1.165) is 64.3 Å². The highest BCUT2D eigenvalue weighted by atomic mass is 127. The van der Waals surface area contributed by atoms with E-state index < -0.39 is 0 Å². The Kier molecular flexibility index (Phi) is 10.8. The molecule has 152 valence electrons. The number of carbonyl (C=O) groups excluding carboxylic acids is 1. The molecule has 0 atom stereocenters. The summed E-state index contributed by atoms with van der Waals surface area (Å²) in [7, 11) is 3.30. The third-order valence-electron chi connectivity index (χ3n) is 5.49. The first kappa shape index (κ1) is 23.5. The summed E-state index contributed by atoms with van der Waals surface area (Å²) in [6.45, 7) is 5.47. The molecule has 1 heterocycles. The van der Waals surface area contributed by atoms with Gasteiger partial charge in [-0.25, -0.2) is 0 Å². The number of hydrogen-bond acceptors (Lipinski definition) is 4. The lowest BCUT2D eigenvalue weighted by Crippen LogP contribution is -2.52. The topological polar surface area (TPSA) is 63.2 Å². The number of hydrogen-bond donors (Lipinski definition) is 1. The molecule has 0 amide bonds. The van der Waals surface area contributed by atoms with Gasteiger partial charge in [0.2, 0.25) is 0 Å². The van der Waals surface area contributed by atoms with E-state index in [-0.39, 0.29) is 41.5 Å². The van der Waals surface area contributed by atoms with E-state index in [0.29, 0.717) is 0 Å². The smallest absolute Gasteiger partial charge is 0.308 e. The Labute approximate surface area is 175 Å². The average Bonchev–Trinajstić information content (AvgIpc) is 2.67. The zero-order chi connectivity index (χ0) is 18.1. The second kappa shape index (κ2) is 12.0. The fourth-order valence-corrected chi connectivity index (χ4v) is 3.95. The lowest BCUT2D eigenvalue weighted by molar-refractivity contribution is -0.146. The standard InChI is InChI=1S/C19H35N3O3.HI/c1-4-14-25-19(10-6-5-7-11-19)15-21-18(20-2)22-12-8-16(9-13-22)17(23)24-3;/h16H,4-15H2,1-3H3,(H,20,21);1H. The van der Waals surface area contributed by atoms with Crippen molar-refractivity contribution in [3.05, 3.63) is 0 Å². The van der Waals surface area contributed by atoms with Crippen LogP contribution >= 0.6 is 24.0 Å². The Morgan fingerprint density at radius 3 is 2.42 bits per heavy atom. The number of guanidine groups is 1. The monoisotopic (exact) mass is 481 g/mol. The minimum absolute atomic E-state index is 0. The summed E-state index contributed by atoms with van der Waals surface area (Å²) in [6, 6.07) is 0. The Balaban J connectivity index is 0.00000338. The van der Waals surface area contributed by atoms with Crippen LogP contribution in [-0.4, -0.2) is 62.8 Å². The molecule has 0 bridgehead atoms. The van der Waals surface area contributed by atoms with Gasteiger partial charge in [0.05, 0.1) is 18.6 Å². The van der Waals surface area contributed by atoms with Gasteiger partial charge in [0.15, 0.2) is 5.96 Å². The average molecular weight is 481 g/mol. The van der Waals surface area contributed by atoms with Crippen molar-refractivity contribution in [2.24, 2.45) is 10.9 Å². The second-order valence-corrected chi connectivity index (χ2v) is 7.28. The van der Waals surface area contributed by atoms with Crippen LogP contribution in [0.2, 0.25) is 0 Å². The lowest BCUT2D eigenvalue weighted by Gasteiger charge is -2.39. The number of carbonyl (C=O) groups is 1. The quantitative estimate of drug-likeness (QED) is 0.273. The van der Waals surface area contributed by atoms with Crippen LogP contribution < -0.4 is 5.32 Å². The highest BCUT2D eigenvalue weighted by molar-refractivity contribution is 14.0. The Bertz CT molecular complexity index is 445. The molecule has 0 aromatic carbocycles. The van der Waals surface area contributed by atoms with Crippen LogP contribution in [0.25, 0.3) is 0 Å². The van der Waals surface area contributed by atoms with Crippen LogP contribution in [0.1, 0.15) is 58.3 Å². The van der Waals surface area contributed by atoms with Crippen LogP contribution in [0, 0.1) is 5.92 Å². The first-order valence-electron chi connectivity index (χ1n) is 9.81. The predicted octanol–water partition coefficient (Wildman–Crippen LogP) is 3.19. The highest BCUT2D eigenvalue weighted by Gasteiger charge is 2.34. The fourth-order valence-electron chi connectivity index (χ4n) is 3.95. The summed E-state index contributed by atoms with van der Waals surface area (Å²) >= 11 is 0. The van der Waals surface area contributed by atoms with Crippen LogP contribution in [0.3, 0.4) is 0 Å². The minimum Gasteiger partial charge on any atom is -0.469 e. The van der Waals surface area contributed by atoms with E-state index in [2.05, 4.69) is 22.1 Å². The van der Waals surface area contributed by atoms with Crippen molar-refractivity contribution in [3.63, 3.8) is 0 Å². The molecule has 6 nitrogen and oxygen atoms in total. The molecule has 0 radical (unpaired) electrons. The molecule has 0 aromatic rings. The third-order valence-corrected chi connectivity index (χ3v) is 5.49. The number of aliphatic imine (C=N–C) groups is 1. The van der Waals surface area contributed by atoms with Gasteiger partial charge in [-0.3, -0.25) is 9.79 Å². The zero-order valence-electron chi connectivity index (χ0n) is 16.6. The Hall–Kier alpha value is -0.570. The van der Waals surface area contributed by atoms with Crippen LogP contribution in [-0.2, 0) is 14.3 Å². The number of rotatable bonds is 6. The molecule has 26 heavy (non-hydrogen) atoms. The summed E-state index contributed by atoms with van der Waals surface area (Å²) < 4.78 is 11.1. The summed E-state index contributed by atoms with van der Waals surface area (Å²) in [5.74, 6) is 0.863. The van der Waals surface area contributed by atoms with Crippen molar-refractivity contribution in [2.45, 2.75) is 63.9 Å². The highest BCUT2D eigenvalue weighted by Crippen LogP contribution is 2.31. The van der Waals surface area contributed by atoms with E-state index in [1.54, 1.807) is 0 Å². The van der Waals surface area contributed by atoms with Gasteiger partial charge in [-0.2, -0.15) is 0 Å². The van der Waals surface area contributed by atoms with Gasteiger partial charge >= 0.3 is 5.97 Å². The van der Waals surface area contributed by atoms with Gasteiger partial charge in [0.25, 0.3) is 0 Å². The number of esters is 1. The number of nitrogens with zero attached hydrogens (tertiary/aromatic N) is 2. The van der Waals surface area contributed by atoms with Gasteiger partial charge in [-0.15, -0.1) is 24.0 Å². The number of halogens is 1. The van der Waals surface area contributed by atoms with Gasteiger partial charge in [0.1, 0.15) is 0 Å². The van der Waals surface area contributed by atoms with Gasteiger partial charge in [-0.1, -0.05) is 26.2 Å². The molecule has 1 saturated carbocycles. The molecule has 1 aliphatic carbocycles. The SMILES string of the molecule is CCCOC1(CNC(=NC)N2CCC(C(=O)OC)CC2)CCCCC1.I. The fraction of sp³-hybridized carbons (Fsp3) is 0.895. The molecule has 2 rings (SSSR count). The van der Waals surface area contributed by atoms with Gasteiger partial charge in [0, 0.05) is 33.3 Å². The van der Waals surface area contributed by atoms with E-state index in [4.69, 9.17) is 9.47 Å². The van der Waals surface area contributed by atoms with Crippen LogP contribution in [0.5, 0.6) is 0 Å². The van der Waals surface area contributed by atoms with Gasteiger partial charge in [-0.05, 0) is 32.1 Å². The number of nitrogens with one attached hydrogen (secondary N) is 1. The third kappa shape index (κ3) is 6.55. The summed E-state index contributed by atoms with van der Waals surface area (Å²) in [6.07, 6.45) is 8.76. The number of piperidine rings is 1. The molecule has 0 unspecified atom stereocenters. The largest absolute Gasteiger partial charge is 0.469 e. The molecule has 1 N–H and O–H groups in total.